The topological polar surface area (TPSA) is 72.9 Å². The average Bonchev–Trinajstić information content (AvgIpc) is 2.60. The van der Waals surface area contributed by atoms with Gasteiger partial charge in [0.05, 0.1) is 18.8 Å². The van der Waals surface area contributed by atoms with Gasteiger partial charge >= 0.3 is 0 Å². The van der Waals surface area contributed by atoms with Crippen molar-refractivity contribution in [2.24, 2.45) is 5.73 Å². The lowest BCUT2D eigenvalue weighted by atomic mass is 10.2. The van der Waals surface area contributed by atoms with Gasteiger partial charge in [0.15, 0.2) is 0 Å². The Kier molecular flexibility index (Phi) is 4.49. The van der Waals surface area contributed by atoms with Gasteiger partial charge in [-0.05, 0) is 25.8 Å². The summed E-state index contributed by atoms with van der Waals surface area (Å²) >= 11 is 0. The Morgan fingerprint density at radius 2 is 2.38 bits per heavy atom. The Balaban J connectivity index is 2.46. The summed E-state index contributed by atoms with van der Waals surface area (Å²) in [6, 6.07) is -0.0941. The molecule has 1 rings (SSSR count). The Labute approximate surface area is 96.0 Å². The van der Waals surface area contributed by atoms with E-state index in [1.807, 2.05) is 37.8 Å². The molecule has 90 valence electrons. The van der Waals surface area contributed by atoms with Crippen LogP contribution in [0, 0.1) is 6.92 Å². The first kappa shape index (κ1) is 12.7. The zero-order valence-electron chi connectivity index (χ0n) is 10.1. The maximum Gasteiger partial charge on any atom is 0.234 e. The van der Waals surface area contributed by atoms with E-state index in [0.717, 1.165) is 12.1 Å². The second-order valence-corrected chi connectivity index (χ2v) is 4.17. The molecule has 5 heteroatoms. The molecule has 1 aromatic rings. The fourth-order valence-corrected chi connectivity index (χ4v) is 1.64. The number of rotatable bonds is 6. The smallest absolute Gasteiger partial charge is 0.234 e. The molecular weight excluding hydrogens is 204 g/mol. The predicted molar refractivity (Wildman–Crippen MR) is 62.8 cm³/mol. The Morgan fingerprint density at radius 3 is 2.81 bits per heavy atom. The normalized spacial score (nSPS) is 14.7. The van der Waals surface area contributed by atoms with E-state index in [4.69, 9.17) is 5.73 Å². The molecule has 0 spiro atoms. The highest BCUT2D eigenvalue weighted by molar-refractivity contribution is 5.79. The molecule has 0 aliphatic rings. The highest BCUT2D eigenvalue weighted by Gasteiger charge is 2.15. The van der Waals surface area contributed by atoms with Crippen molar-refractivity contribution >= 4 is 5.91 Å². The van der Waals surface area contributed by atoms with Crippen LogP contribution in [0.5, 0.6) is 0 Å². The minimum atomic E-state index is -0.300. The maximum atomic E-state index is 11.1. The molecule has 0 saturated heterocycles. The number of hydrogen-bond donors (Lipinski definition) is 2. The standard InChI is InChI=1S/C11H20N4O/c1-4-10(11(12)16)14-9(3)7-15-6-8(2)5-13-15/h5-6,9-10,14H,4,7H2,1-3H3,(H2,12,16). The van der Waals surface area contributed by atoms with Crippen LogP contribution in [0.25, 0.3) is 0 Å². The second-order valence-electron chi connectivity index (χ2n) is 4.17. The average molecular weight is 224 g/mol. The summed E-state index contributed by atoms with van der Waals surface area (Å²) in [5.41, 5.74) is 6.40. The van der Waals surface area contributed by atoms with Gasteiger partial charge in [-0.1, -0.05) is 6.92 Å². The van der Waals surface area contributed by atoms with Crippen LogP contribution in [0.15, 0.2) is 12.4 Å². The van der Waals surface area contributed by atoms with E-state index in [0.29, 0.717) is 6.42 Å². The van der Waals surface area contributed by atoms with Gasteiger partial charge in [-0.2, -0.15) is 5.10 Å². The molecule has 3 N–H and O–H groups in total. The molecule has 2 unspecified atom stereocenters. The number of amides is 1. The number of nitrogens with zero attached hydrogens (tertiary/aromatic N) is 2. The Morgan fingerprint density at radius 1 is 1.69 bits per heavy atom. The van der Waals surface area contributed by atoms with Gasteiger partial charge < -0.3 is 11.1 Å². The van der Waals surface area contributed by atoms with Crippen LogP contribution in [0.4, 0.5) is 0 Å². The SMILES string of the molecule is CCC(NC(C)Cn1cc(C)cn1)C(N)=O. The van der Waals surface area contributed by atoms with Crippen LogP contribution in [-0.2, 0) is 11.3 Å². The number of hydrogen-bond acceptors (Lipinski definition) is 3. The molecule has 0 bridgehead atoms. The second kappa shape index (κ2) is 5.65. The van der Waals surface area contributed by atoms with Crippen LogP contribution in [0.2, 0.25) is 0 Å². The molecule has 0 aliphatic heterocycles. The first-order valence-electron chi connectivity index (χ1n) is 5.57. The molecule has 2 atom stereocenters. The minimum absolute atomic E-state index is 0.164. The summed E-state index contributed by atoms with van der Waals surface area (Å²) in [6.07, 6.45) is 4.50. The summed E-state index contributed by atoms with van der Waals surface area (Å²) < 4.78 is 1.86. The number of carbonyl (C=O) groups is 1. The molecule has 16 heavy (non-hydrogen) atoms. The zero-order valence-corrected chi connectivity index (χ0v) is 10.1. The van der Waals surface area contributed by atoms with Crippen molar-refractivity contribution in [2.45, 2.75) is 45.8 Å². The summed E-state index contributed by atoms with van der Waals surface area (Å²) in [5.74, 6) is -0.300. The molecule has 1 heterocycles. The number of nitrogens with one attached hydrogen (secondary N) is 1. The maximum absolute atomic E-state index is 11.1. The zero-order chi connectivity index (χ0) is 12.1. The largest absolute Gasteiger partial charge is 0.368 e. The highest BCUT2D eigenvalue weighted by atomic mass is 16.1. The molecule has 0 aromatic carbocycles. The van der Waals surface area contributed by atoms with Crippen molar-refractivity contribution < 1.29 is 4.79 Å². The molecule has 0 radical (unpaired) electrons. The van der Waals surface area contributed by atoms with E-state index < -0.39 is 0 Å². The lowest BCUT2D eigenvalue weighted by Crippen LogP contribution is -2.46. The summed E-state index contributed by atoms with van der Waals surface area (Å²) in [5, 5.41) is 7.38. The van der Waals surface area contributed by atoms with E-state index in [2.05, 4.69) is 10.4 Å². The monoisotopic (exact) mass is 224 g/mol. The van der Waals surface area contributed by atoms with Gasteiger partial charge in [0.25, 0.3) is 0 Å². The van der Waals surface area contributed by atoms with Crippen molar-refractivity contribution in [1.29, 1.82) is 0 Å². The van der Waals surface area contributed by atoms with E-state index in [9.17, 15) is 4.79 Å². The molecule has 5 nitrogen and oxygen atoms in total. The molecule has 0 fully saturated rings. The van der Waals surface area contributed by atoms with Gasteiger partial charge in [-0.25, -0.2) is 0 Å². The van der Waals surface area contributed by atoms with Gasteiger partial charge in [0, 0.05) is 12.2 Å². The van der Waals surface area contributed by atoms with E-state index in [-0.39, 0.29) is 18.0 Å². The number of aromatic nitrogens is 2. The summed E-state index contributed by atoms with van der Waals surface area (Å²) in [6.45, 7) is 6.69. The van der Waals surface area contributed by atoms with Crippen LogP contribution in [0.3, 0.4) is 0 Å². The van der Waals surface area contributed by atoms with Crippen molar-refractivity contribution in [3.8, 4) is 0 Å². The van der Waals surface area contributed by atoms with E-state index in [1.165, 1.54) is 0 Å². The first-order chi connectivity index (χ1) is 7.52. The summed E-state index contributed by atoms with van der Waals surface area (Å²) in [4.78, 5) is 11.1. The van der Waals surface area contributed by atoms with Crippen LogP contribution >= 0.6 is 0 Å². The third-order valence-corrected chi connectivity index (χ3v) is 2.46. The number of carbonyl (C=O) groups excluding carboxylic acids is 1. The lowest BCUT2D eigenvalue weighted by molar-refractivity contribution is -0.120. The van der Waals surface area contributed by atoms with Crippen LogP contribution in [0.1, 0.15) is 25.8 Å². The third-order valence-electron chi connectivity index (χ3n) is 2.46. The van der Waals surface area contributed by atoms with Gasteiger partial charge in [0.1, 0.15) is 0 Å². The van der Waals surface area contributed by atoms with Gasteiger partial charge in [-0.15, -0.1) is 0 Å². The van der Waals surface area contributed by atoms with Crippen LogP contribution < -0.4 is 11.1 Å². The molecule has 1 amide bonds. The Hall–Kier alpha value is -1.36. The summed E-state index contributed by atoms with van der Waals surface area (Å²) in [7, 11) is 0. The van der Waals surface area contributed by atoms with Crippen molar-refractivity contribution in [3.05, 3.63) is 18.0 Å². The lowest BCUT2D eigenvalue weighted by Gasteiger charge is -2.19. The minimum Gasteiger partial charge on any atom is -0.368 e. The first-order valence-corrected chi connectivity index (χ1v) is 5.57. The van der Waals surface area contributed by atoms with Crippen molar-refractivity contribution in [1.82, 2.24) is 15.1 Å². The number of primary amides is 1. The third kappa shape index (κ3) is 3.66. The van der Waals surface area contributed by atoms with Gasteiger partial charge in [0.2, 0.25) is 5.91 Å². The van der Waals surface area contributed by atoms with Crippen LogP contribution in [-0.4, -0.2) is 27.8 Å². The number of nitrogens with two attached hydrogens (primary N) is 1. The fraction of sp³-hybridized carbons (Fsp3) is 0.636. The predicted octanol–water partition coefficient (Wildman–Crippen LogP) is 0.434. The number of aryl methyl sites for hydroxylation is 1. The molecular formula is C11H20N4O. The van der Waals surface area contributed by atoms with Gasteiger partial charge in [-0.3, -0.25) is 9.48 Å². The molecule has 1 aromatic heterocycles. The Bertz CT molecular complexity index is 348. The van der Waals surface area contributed by atoms with Crippen molar-refractivity contribution in [2.75, 3.05) is 0 Å². The quantitative estimate of drug-likeness (QED) is 0.736. The highest BCUT2D eigenvalue weighted by Crippen LogP contribution is 1.98. The van der Waals surface area contributed by atoms with E-state index >= 15 is 0 Å². The van der Waals surface area contributed by atoms with E-state index in [1.54, 1.807) is 0 Å². The molecule has 0 aliphatic carbocycles. The molecule has 0 saturated carbocycles. The fourth-order valence-electron chi connectivity index (χ4n) is 1.64. The van der Waals surface area contributed by atoms with Crippen molar-refractivity contribution in [3.63, 3.8) is 0 Å².